The maximum Gasteiger partial charge on any atom is 0.326 e. The largest absolute Gasteiger partial charge is 0.480 e. The molecule has 0 bridgehead atoms. The minimum atomic E-state index is -3.45. The quantitative estimate of drug-likeness (QED) is 0.720. The summed E-state index contributed by atoms with van der Waals surface area (Å²) in [5.41, 5.74) is 0. The number of aliphatic carboxylic acids is 1. The topological polar surface area (TPSA) is 104 Å². The predicted molar refractivity (Wildman–Crippen MR) is 73.6 cm³/mol. The Morgan fingerprint density at radius 1 is 1.45 bits per heavy atom. The molecular formula is C12H22N2O5S. The first-order valence-electron chi connectivity index (χ1n) is 6.68. The molecule has 0 radical (unpaired) electrons. The zero-order valence-electron chi connectivity index (χ0n) is 12.0. The molecule has 1 aliphatic heterocycles. The molecule has 1 fully saturated rings. The van der Waals surface area contributed by atoms with Gasteiger partial charge in [0.25, 0.3) is 0 Å². The van der Waals surface area contributed by atoms with Gasteiger partial charge in [-0.3, -0.25) is 4.79 Å². The Bertz CT molecular complexity index is 476. The van der Waals surface area contributed by atoms with Crippen molar-refractivity contribution < 1.29 is 23.1 Å². The van der Waals surface area contributed by atoms with Crippen LogP contribution in [0.4, 0.5) is 0 Å². The van der Waals surface area contributed by atoms with Crippen LogP contribution in [0.15, 0.2) is 0 Å². The average Bonchev–Trinajstić information content (AvgIpc) is 2.83. The fourth-order valence-electron chi connectivity index (χ4n) is 2.33. The average molecular weight is 306 g/mol. The number of carbonyl (C=O) groups is 2. The van der Waals surface area contributed by atoms with Gasteiger partial charge in [-0.15, -0.1) is 0 Å². The highest BCUT2D eigenvalue weighted by Gasteiger charge is 2.38. The molecule has 0 aromatic carbocycles. The van der Waals surface area contributed by atoms with E-state index >= 15 is 0 Å². The van der Waals surface area contributed by atoms with E-state index in [1.807, 2.05) is 6.92 Å². The van der Waals surface area contributed by atoms with Crippen LogP contribution in [0.1, 0.15) is 33.1 Å². The van der Waals surface area contributed by atoms with Crippen molar-refractivity contribution in [2.45, 2.75) is 45.2 Å². The van der Waals surface area contributed by atoms with E-state index in [9.17, 15) is 18.0 Å². The van der Waals surface area contributed by atoms with Gasteiger partial charge in [-0.2, -0.15) is 4.31 Å². The molecule has 1 heterocycles. The molecule has 116 valence electrons. The van der Waals surface area contributed by atoms with E-state index in [-0.39, 0.29) is 5.92 Å². The summed E-state index contributed by atoms with van der Waals surface area (Å²) in [6, 6.07) is -1.79. The van der Waals surface area contributed by atoms with Crippen LogP contribution in [0.2, 0.25) is 0 Å². The van der Waals surface area contributed by atoms with Gasteiger partial charge in [0.1, 0.15) is 12.1 Å². The van der Waals surface area contributed by atoms with Crippen molar-refractivity contribution in [1.82, 2.24) is 9.62 Å². The summed E-state index contributed by atoms with van der Waals surface area (Å²) in [5, 5.41) is 11.6. The fraction of sp³-hybridized carbons (Fsp3) is 0.833. The van der Waals surface area contributed by atoms with Crippen LogP contribution in [0, 0.1) is 5.92 Å². The zero-order chi connectivity index (χ0) is 15.5. The van der Waals surface area contributed by atoms with Gasteiger partial charge in [-0.1, -0.05) is 20.3 Å². The Kier molecular flexibility index (Phi) is 5.52. The molecule has 0 aliphatic carbocycles. The summed E-state index contributed by atoms with van der Waals surface area (Å²) < 4.78 is 24.3. The van der Waals surface area contributed by atoms with Gasteiger partial charge < -0.3 is 10.4 Å². The summed E-state index contributed by atoms with van der Waals surface area (Å²) in [6.45, 7) is 3.88. The van der Waals surface area contributed by atoms with Crippen LogP contribution in [-0.4, -0.2) is 54.6 Å². The SMILES string of the molecule is CCC(C)[C@H](NC(=O)C1CCCN1S(C)(=O)=O)C(=O)O. The molecule has 20 heavy (non-hydrogen) atoms. The van der Waals surface area contributed by atoms with Crippen molar-refractivity contribution in [3.8, 4) is 0 Å². The molecule has 0 aromatic rings. The van der Waals surface area contributed by atoms with Gasteiger partial charge in [-0.25, -0.2) is 13.2 Å². The lowest BCUT2D eigenvalue weighted by molar-refractivity contribution is -0.143. The maximum atomic E-state index is 12.2. The molecule has 0 spiro atoms. The van der Waals surface area contributed by atoms with E-state index in [1.54, 1.807) is 6.92 Å². The highest BCUT2D eigenvalue weighted by atomic mass is 32.2. The summed E-state index contributed by atoms with van der Waals surface area (Å²) in [4.78, 5) is 23.3. The monoisotopic (exact) mass is 306 g/mol. The summed E-state index contributed by atoms with van der Waals surface area (Å²) in [7, 11) is -3.45. The third kappa shape index (κ3) is 3.92. The lowest BCUT2D eigenvalue weighted by Crippen LogP contribution is -2.52. The molecule has 1 aliphatic rings. The van der Waals surface area contributed by atoms with E-state index in [0.29, 0.717) is 25.8 Å². The van der Waals surface area contributed by atoms with Crippen LogP contribution >= 0.6 is 0 Å². The smallest absolute Gasteiger partial charge is 0.326 e. The third-order valence-corrected chi connectivity index (χ3v) is 5.00. The first kappa shape index (κ1) is 16.9. The van der Waals surface area contributed by atoms with Gasteiger partial charge in [0.15, 0.2) is 0 Å². The normalized spacial score (nSPS) is 23.2. The second-order valence-corrected chi connectivity index (χ2v) is 7.18. The minimum Gasteiger partial charge on any atom is -0.480 e. The number of rotatable bonds is 6. The van der Waals surface area contributed by atoms with E-state index < -0.39 is 34.0 Å². The molecule has 2 unspecified atom stereocenters. The van der Waals surface area contributed by atoms with E-state index in [0.717, 1.165) is 10.6 Å². The van der Waals surface area contributed by atoms with Crippen molar-refractivity contribution >= 4 is 21.9 Å². The Morgan fingerprint density at radius 3 is 2.50 bits per heavy atom. The fourth-order valence-corrected chi connectivity index (χ4v) is 3.46. The number of nitrogens with one attached hydrogen (secondary N) is 1. The molecule has 0 saturated carbocycles. The molecular weight excluding hydrogens is 284 g/mol. The Labute approximate surface area is 119 Å². The van der Waals surface area contributed by atoms with Crippen molar-refractivity contribution in [1.29, 1.82) is 0 Å². The zero-order valence-corrected chi connectivity index (χ0v) is 12.8. The Hall–Kier alpha value is -1.15. The van der Waals surface area contributed by atoms with Gasteiger partial charge in [0.2, 0.25) is 15.9 Å². The summed E-state index contributed by atoms with van der Waals surface area (Å²) in [5.74, 6) is -1.85. The number of amides is 1. The van der Waals surface area contributed by atoms with Gasteiger partial charge >= 0.3 is 5.97 Å². The summed E-state index contributed by atoms with van der Waals surface area (Å²) in [6.07, 6.45) is 2.69. The third-order valence-electron chi connectivity index (χ3n) is 3.71. The number of nitrogens with zero attached hydrogens (tertiary/aromatic N) is 1. The molecule has 1 saturated heterocycles. The van der Waals surface area contributed by atoms with Gasteiger partial charge in [-0.05, 0) is 18.8 Å². The van der Waals surface area contributed by atoms with Crippen LogP contribution in [-0.2, 0) is 19.6 Å². The van der Waals surface area contributed by atoms with Crippen LogP contribution in [0.3, 0.4) is 0 Å². The first-order valence-corrected chi connectivity index (χ1v) is 8.53. The standard InChI is InChI=1S/C12H22N2O5S/c1-4-8(2)10(12(16)17)13-11(15)9-6-5-7-14(9)20(3,18)19/h8-10H,4-7H2,1-3H3,(H,13,15)(H,16,17)/t8?,9?,10-/m0/s1. The number of sulfonamides is 1. The molecule has 0 aromatic heterocycles. The Balaban J connectivity index is 2.81. The maximum absolute atomic E-state index is 12.2. The molecule has 2 N–H and O–H groups in total. The molecule has 8 heteroatoms. The second kappa shape index (κ2) is 6.53. The van der Waals surface area contributed by atoms with E-state index in [1.165, 1.54) is 0 Å². The predicted octanol–water partition coefficient (Wildman–Crippen LogP) is 0.0259. The van der Waals surface area contributed by atoms with Gasteiger partial charge in [0, 0.05) is 6.54 Å². The Morgan fingerprint density at radius 2 is 2.05 bits per heavy atom. The van der Waals surface area contributed by atoms with Crippen molar-refractivity contribution in [3.05, 3.63) is 0 Å². The number of carbonyl (C=O) groups excluding carboxylic acids is 1. The van der Waals surface area contributed by atoms with E-state index in [4.69, 9.17) is 5.11 Å². The molecule has 3 atom stereocenters. The number of carboxylic acids is 1. The minimum absolute atomic E-state index is 0.218. The number of hydrogen-bond donors (Lipinski definition) is 2. The van der Waals surface area contributed by atoms with Crippen LogP contribution in [0.25, 0.3) is 0 Å². The lowest BCUT2D eigenvalue weighted by Gasteiger charge is -2.25. The van der Waals surface area contributed by atoms with Crippen molar-refractivity contribution in [3.63, 3.8) is 0 Å². The van der Waals surface area contributed by atoms with Crippen molar-refractivity contribution in [2.75, 3.05) is 12.8 Å². The number of carboxylic acid groups (broad SMARTS) is 1. The number of hydrogen-bond acceptors (Lipinski definition) is 4. The molecule has 7 nitrogen and oxygen atoms in total. The molecule has 1 amide bonds. The van der Waals surface area contributed by atoms with Crippen LogP contribution in [0.5, 0.6) is 0 Å². The lowest BCUT2D eigenvalue weighted by atomic mass is 9.99. The molecule has 1 rings (SSSR count). The van der Waals surface area contributed by atoms with Gasteiger partial charge in [0.05, 0.1) is 6.26 Å². The second-order valence-electron chi connectivity index (χ2n) is 5.24. The van der Waals surface area contributed by atoms with Crippen LogP contribution < -0.4 is 5.32 Å². The van der Waals surface area contributed by atoms with E-state index in [2.05, 4.69) is 5.32 Å². The highest BCUT2D eigenvalue weighted by molar-refractivity contribution is 7.88. The van der Waals surface area contributed by atoms with Crippen molar-refractivity contribution in [2.24, 2.45) is 5.92 Å². The highest BCUT2D eigenvalue weighted by Crippen LogP contribution is 2.21. The summed E-state index contributed by atoms with van der Waals surface area (Å²) >= 11 is 0. The first-order chi connectivity index (χ1) is 9.18.